The van der Waals surface area contributed by atoms with Gasteiger partial charge in [-0.2, -0.15) is 5.26 Å². The van der Waals surface area contributed by atoms with Gasteiger partial charge >= 0.3 is 0 Å². The molecule has 102 valence electrons. The monoisotopic (exact) mass is 353 g/mol. The van der Waals surface area contributed by atoms with Crippen LogP contribution in [-0.4, -0.2) is 25.5 Å². The fourth-order valence-electron chi connectivity index (χ4n) is 2.11. The topological polar surface area (TPSA) is 87.1 Å². The summed E-state index contributed by atoms with van der Waals surface area (Å²) in [7, 11) is 0. The smallest absolute Gasteiger partial charge is 0.222 e. The quantitative estimate of drug-likeness (QED) is 0.397. The number of aromatic nitrogens is 3. The molecule has 1 aliphatic carbocycles. The Morgan fingerprint density at radius 1 is 1.65 bits per heavy atom. The average molecular weight is 355 g/mol. The predicted molar refractivity (Wildman–Crippen MR) is 76.9 cm³/mol. The summed E-state index contributed by atoms with van der Waals surface area (Å²) in [5, 5.41) is 21.3. The Balaban J connectivity index is 2.30. The van der Waals surface area contributed by atoms with Crippen LogP contribution < -0.4 is 0 Å². The molecular formula is C12H9BrClN5O. The molecule has 1 N–H and O–H groups in total. The molecule has 0 radical (unpaired) electrons. The zero-order valence-corrected chi connectivity index (χ0v) is 12.6. The molecule has 8 heteroatoms. The molecule has 20 heavy (non-hydrogen) atoms. The van der Waals surface area contributed by atoms with Gasteiger partial charge in [0.2, 0.25) is 5.71 Å². The molecule has 0 aromatic carbocycles. The largest absolute Gasteiger partial charge is 0.410 e. The molecule has 6 nitrogen and oxygen atoms in total. The van der Waals surface area contributed by atoms with Crippen molar-refractivity contribution in [2.24, 2.45) is 11.1 Å². The number of pyridine rings is 1. The molecule has 0 bridgehead atoms. The van der Waals surface area contributed by atoms with Gasteiger partial charge in [0, 0.05) is 12.7 Å². The average Bonchev–Trinajstić information content (AvgIpc) is 3.17. The fourth-order valence-corrected chi connectivity index (χ4v) is 2.79. The van der Waals surface area contributed by atoms with E-state index in [-0.39, 0.29) is 10.9 Å². The lowest BCUT2D eigenvalue weighted by molar-refractivity contribution is 0.319. The van der Waals surface area contributed by atoms with E-state index in [1.54, 1.807) is 6.20 Å². The summed E-state index contributed by atoms with van der Waals surface area (Å²) in [4.78, 5) is 8.35. The maximum atomic E-state index is 9.06. The number of hydrogen-bond donors (Lipinski definition) is 1. The molecule has 0 aliphatic heterocycles. The number of hydrogen-bond acceptors (Lipinski definition) is 5. The van der Waals surface area contributed by atoms with Gasteiger partial charge in [0.25, 0.3) is 0 Å². The third-order valence-corrected chi connectivity index (χ3v) is 4.09. The summed E-state index contributed by atoms with van der Waals surface area (Å²) in [6.07, 6.45) is 3.89. The van der Waals surface area contributed by atoms with Gasteiger partial charge in [0.05, 0.1) is 9.99 Å². The van der Waals surface area contributed by atoms with Crippen molar-refractivity contribution in [2.45, 2.75) is 19.4 Å². The van der Waals surface area contributed by atoms with Gasteiger partial charge in [-0.25, -0.2) is 9.97 Å². The third-order valence-electron chi connectivity index (χ3n) is 3.24. The predicted octanol–water partition coefficient (Wildman–Crippen LogP) is 2.96. The van der Waals surface area contributed by atoms with E-state index in [0.717, 1.165) is 22.8 Å². The summed E-state index contributed by atoms with van der Waals surface area (Å²) >= 11 is 9.50. The SMILES string of the molecule is N#C/C(=N\O)c1nc2c(Cl)ncc(Br)c2n1CC1CC1. The van der Waals surface area contributed by atoms with Crippen LogP contribution in [0, 0.1) is 17.2 Å². The second-order valence-electron chi connectivity index (χ2n) is 4.64. The molecule has 0 amide bonds. The summed E-state index contributed by atoms with van der Waals surface area (Å²) in [5.74, 6) is 0.871. The van der Waals surface area contributed by atoms with E-state index in [1.165, 1.54) is 0 Å². The standard InChI is InChI=1S/C12H9BrClN5O/c13-7-4-16-11(14)9-10(7)19(5-6-1-2-6)12(17-9)8(3-15)18-20/h4,6,20H,1-2,5H2/b18-8+. The second kappa shape index (κ2) is 5.04. The van der Waals surface area contributed by atoms with E-state index in [0.29, 0.717) is 23.8 Å². The van der Waals surface area contributed by atoms with Gasteiger partial charge in [-0.3, -0.25) is 0 Å². The van der Waals surface area contributed by atoms with Gasteiger partial charge in [0.1, 0.15) is 11.6 Å². The Labute approximate surface area is 127 Å². The number of nitriles is 1. The molecule has 0 atom stereocenters. The first kappa shape index (κ1) is 13.3. The highest BCUT2D eigenvalue weighted by Crippen LogP contribution is 2.35. The zero-order valence-electron chi connectivity index (χ0n) is 10.2. The van der Waals surface area contributed by atoms with Crippen molar-refractivity contribution in [2.75, 3.05) is 0 Å². The van der Waals surface area contributed by atoms with Crippen LogP contribution in [0.2, 0.25) is 5.15 Å². The summed E-state index contributed by atoms with van der Waals surface area (Å²) in [5.41, 5.74) is 1.13. The first-order chi connectivity index (χ1) is 9.65. The van der Waals surface area contributed by atoms with Crippen molar-refractivity contribution in [1.82, 2.24) is 14.5 Å². The van der Waals surface area contributed by atoms with Crippen molar-refractivity contribution in [3.05, 3.63) is 21.6 Å². The van der Waals surface area contributed by atoms with E-state index in [9.17, 15) is 0 Å². The van der Waals surface area contributed by atoms with E-state index in [4.69, 9.17) is 22.1 Å². The highest BCUT2D eigenvalue weighted by molar-refractivity contribution is 9.10. The third kappa shape index (κ3) is 2.15. The molecule has 2 heterocycles. The molecule has 1 fully saturated rings. The van der Waals surface area contributed by atoms with Crippen LogP contribution in [0.1, 0.15) is 18.7 Å². The number of imidazole rings is 1. The minimum atomic E-state index is -0.134. The van der Waals surface area contributed by atoms with Crippen LogP contribution >= 0.6 is 27.5 Å². The van der Waals surface area contributed by atoms with Crippen molar-refractivity contribution in [1.29, 1.82) is 5.26 Å². The first-order valence-corrected chi connectivity index (χ1v) is 7.15. The zero-order chi connectivity index (χ0) is 14.3. The van der Waals surface area contributed by atoms with Gasteiger partial charge in [-0.05, 0) is 34.7 Å². The number of oxime groups is 1. The summed E-state index contributed by atoms with van der Waals surface area (Å²) < 4.78 is 2.61. The molecule has 0 unspecified atom stereocenters. The van der Waals surface area contributed by atoms with Crippen LogP contribution in [0.3, 0.4) is 0 Å². The van der Waals surface area contributed by atoms with Gasteiger partial charge in [0.15, 0.2) is 11.0 Å². The summed E-state index contributed by atoms with van der Waals surface area (Å²) in [6, 6.07) is 1.84. The molecular weight excluding hydrogens is 346 g/mol. The Morgan fingerprint density at radius 2 is 2.40 bits per heavy atom. The van der Waals surface area contributed by atoms with Gasteiger partial charge in [-0.15, -0.1) is 0 Å². The first-order valence-electron chi connectivity index (χ1n) is 5.98. The maximum absolute atomic E-state index is 9.06. The van der Waals surface area contributed by atoms with Crippen LogP contribution in [0.5, 0.6) is 0 Å². The van der Waals surface area contributed by atoms with Crippen molar-refractivity contribution in [3.63, 3.8) is 0 Å². The minimum Gasteiger partial charge on any atom is -0.410 e. The highest BCUT2D eigenvalue weighted by atomic mass is 79.9. The van der Waals surface area contributed by atoms with Crippen LogP contribution in [0.15, 0.2) is 15.8 Å². The van der Waals surface area contributed by atoms with Crippen LogP contribution in [0.25, 0.3) is 11.0 Å². The van der Waals surface area contributed by atoms with E-state index in [2.05, 4.69) is 31.1 Å². The molecule has 0 saturated heterocycles. The van der Waals surface area contributed by atoms with Crippen molar-refractivity contribution >= 4 is 44.3 Å². The van der Waals surface area contributed by atoms with Crippen LogP contribution in [-0.2, 0) is 6.54 Å². The molecule has 0 spiro atoms. The Kier molecular flexibility index (Phi) is 3.36. The molecule has 3 rings (SSSR count). The maximum Gasteiger partial charge on any atom is 0.222 e. The second-order valence-corrected chi connectivity index (χ2v) is 5.86. The number of rotatable bonds is 3. The highest BCUT2D eigenvalue weighted by Gasteiger charge is 2.27. The van der Waals surface area contributed by atoms with Gasteiger partial charge < -0.3 is 9.77 Å². The number of halogens is 2. The fraction of sp³-hybridized carbons (Fsp3) is 0.333. The Bertz CT molecular complexity index is 759. The summed E-state index contributed by atoms with van der Waals surface area (Å²) in [6.45, 7) is 0.714. The lowest BCUT2D eigenvalue weighted by Crippen LogP contribution is -2.11. The van der Waals surface area contributed by atoms with Crippen molar-refractivity contribution < 1.29 is 5.21 Å². The number of nitrogens with zero attached hydrogens (tertiary/aromatic N) is 5. The molecule has 2 aromatic heterocycles. The minimum absolute atomic E-state index is 0.134. The van der Waals surface area contributed by atoms with Crippen LogP contribution in [0.4, 0.5) is 0 Å². The van der Waals surface area contributed by atoms with E-state index < -0.39 is 0 Å². The van der Waals surface area contributed by atoms with Gasteiger partial charge in [-0.1, -0.05) is 16.8 Å². The molecule has 1 saturated carbocycles. The Morgan fingerprint density at radius 3 is 3.00 bits per heavy atom. The van der Waals surface area contributed by atoms with E-state index in [1.807, 2.05) is 10.6 Å². The van der Waals surface area contributed by atoms with Crippen molar-refractivity contribution in [3.8, 4) is 6.07 Å². The number of fused-ring (bicyclic) bond motifs is 1. The lowest BCUT2D eigenvalue weighted by Gasteiger charge is -2.07. The molecule has 2 aromatic rings. The van der Waals surface area contributed by atoms with E-state index >= 15 is 0 Å². The normalized spacial score (nSPS) is 15.6. The lowest BCUT2D eigenvalue weighted by atomic mass is 10.3. The Hall–Kier alpha value is -1.65. The molecule has 1 aliphatic rings.